The van der Waals surface area contributed by atoms with Gasteiger partial charge in [-0.1, -0.05) is 33.1 Å². The molecule has 1 aliphatic heterocycles. The summed E-state index contributed by atoms with van der Waals surface area (Å²) < 4.78 is 0. The molecular weight excluding hydrogens is 202 g/mol. The van der Waals surface area contributed by atoms with Gasteiger partial charge in [0.15, 0.2) is 0 Å². The molecule has 0 spiro atoms. The van der Waals surface area contributed by atoms with Crippen LogP contribution in [0.5, 0.6) is 0 Å². The van der Waals surface area contributed by atoms with Gasteiger partial charge in [0.25, 0.3) is 0 Å². The average Bonchev–Trinajstić information content (AvgIpc) is 2.33. The molecule has 1 atom stereocenters. The van der Waals surface area contributed by atoms with E-state index in [-0.39, 0.29) is 5.92 Å². The van der Waals surface area contributed by atoms with Crippen LogP contribution in [0.4, 0.5) is 0 Å². The summed E-state index contributed by atoms with van der Waals surface area (Å²) in [5.41, 5.74) is 0. The highest BCUT2D eigenvalue weighted by Gasteiger charge is 2.12. The fourth-order valence-corrected chi connectivity index (χ4v) is 1.75. The second-order valence-electron chi connectivity index (χ2n) is 4.40. The minimum atomic E-state index is -0.643. The second-order valence-corrected chi connectivity index (χ2v) is 4.40. The molecule has 2 N–H and O–H groups in total. The van der Waals surface area contributed by atoms with Crippen LogP contribution in [0.25, 0.3) is 0 Å². The average molecular weight is 229 g/mol. The summed E-state index contributed by atoms with van der Waals surface area (Å²) in [4.78, 5) is 10.4. The fraction of sp³-hybridized carbons (Fsp3) is 0.923. The molecule has 3 heteroatoms. The molecule has 0 aromatic rings. The Morgan fingerprint density at radius 3 is 2.12 bits per heavy atom. The van der Waals surface area contributed by atoms with Gasteiger partial charge in [0, 0.05) is 0 Å². The maximum atomic E-state index is 10.4. The third kappa shape index (κ3) is 8.72. The Hall–Kier alpha value is -0.570. The van der Waals surface area contributed by atoms with E-state index in [9.17, 15) is 4.79 Å². The van der Waals surface area contributed by atoms with Crippen LogP contribution < -0.4 is 5.32 Å². The molecule has 16 heavy (non-hydrogen) atoms. The predicted octanol–water partition coefficient (Wildman–Crippen LogP) is 3.05. The summed E-state index contributed by atoms with van der Waals surface area (Å²) >= 11 is 0. The first kappa shape index (κ1) is 15.4. The van der Waals surface area contributed by atoms with Gasteiger partial charge in [0.05, 0.1) is 5.92 Å². The normalized spacial score (nSPS) is 17.1. The second kappa shape index (κ2) is 10.9. The van der Waals surface area contributed by atoms with E-state index in [2.05, 4.69) is 12.2 Å². The highest BCUT2D eigenvalue weighted by atomic mass is 16.4. The fourth-order valence-electron chi connectivity index (χ4n) is 1.75. The number of nitrogens with one attached hydrogen (secondary N) is 1. The molecule has 0 aromatic heterocycles. The zero-order chi connectivity index (χ0) is 12.2. The molecule has 0 aromatic carbocycles. The summed E-state index contributed by atoms with van der Waals surface area (Å²) in [6.45, 7) is 6.50. The number of carboxylic acid groups (broad SMARTS) is 1. The third-order valence-electron chi connectivity index (χ3n) is 2.96. The lowest BCUT2D eigenvalue weighted by Crippen LogP contribution is -2.21. The lowest BCUT2D eigenvalue weighted by molar-refractivity contribution is -0.142. The van der Waals surface area contributed by atoms with Crippen molar-refractivity contribution >= 4 is 5.97 Å². The van der Waals surface area contributed by atoms with Crippen LogP contribution in [0.1, 0.15) is 58.8 Å². The first-order valence-corrected chi connectivity index (χ1v) is 6.65. The maximum absolute atomic E-state index is 10.4. The lowest BCUT2D eigenvalue weighted by Gasteiger charge is -2.08. The Balaban J connectivity index is 0.000000315. The number of piperidine rings is 1. The van der Waals surface area contributed by atoms with Gasteiger partial charge in [0.1, 0.15) is 0 Å². The van der Waals surface area contributed by atoms with Crippen molar-refractivity contribution in [3.05, 3.63) is 0 Å². The van der Waals surface area contributed by atoms with Crippen molar-refractivity contribution in [2.24, 2.45) is 5.92 Å². The van der Waals surface area contributed by atoms with Crippen molar-refractivity contribution in [3.8, 4) is 0 Å². The molecule has 1 aliphatic rings. The van der Waals surface area contributed by atoms with E-state index in [0.717, 1.165) is 25.7 Å². The number of carboxylic acids is 1. The van der Waals surface area contributed by atoms with Crippen LogP contribution in [0.2, 0.25) is 0 Å². The Morgan fingerprint density at radius 2 is 1.88 bits per heavy atom. The monoisotopic (exact) mass is 229 g/mol. The summed E-state index contributed by atoms with van der Waals surface area (Å²) in [5.74, 6) is -0.754. The van der Waals surface area contributed by atoms with Crippen LogP contribution in [0, 0.1) is 5.92 Å². The van der Waals surface area contributed by atoms with Crippen LogP contribution in [0.3, 0.4) is 0 Å². The van der Waals surface area contributed by atoms with E-state index < -0.39 is 5.97 Å². The first-order chi connectivity index (χ1) is 7.72. The maximum Gasteiger partial charge on any atom is 0.306 e. The molecule has 3 nitrogen and oxygen atoms in total. The Bertz CT molecular complexity index is 156. The molecule has 1 saturated heterocycles. The Labute approximate surface area is 99.6 Å². The molecule has 0 amide bonds. The van der Waals surface area contributed by atoms with Crippen LogP contribution >= 0.6 is 0 Å². The number of unbranched alkanes of at least 4 members (excludes halogenated alkanes) is 1. The van der Waals surface area contributed by atoms with Gasteiger partial charge in [-0.2, -0.15) is 0 Å². The van der Waals surface area contributed by atoms with Crippen molar-refractivity contribution in [2.75, 3.05) is 13.1 Å². The Morgan fingerprint density at radius 1 is 1.25 bits per heavy atom. The first-order valence-electron chi connectivity index (χ1n) is 6.65. The smallest absolute Gasteiger partial charge is 0.306 e. The number of aliphatic carboxylic acids is 1. The highest BCUT2D eigenvalue weighted by molar-refractivity contribution is 5.69. The Kier molecular flexibility index (Phi) is 10.5. The van der Waals surface area contributed by atoms with E-state index in [1.165, 1.54) is 32.4 Å². The number of hydrogen-bond donors (Lipinski definition) is 2. The zero-order valence-corrected chi connectivity index (χ0v) is 10.8. The molecule has 0 aliphatic carbocycles. The molecule has 0 radical (unpaired) electrons. The molecule has 1 unspecified atom stereocenters. The molecule has 1 heterocycles. The van der Waals surface area contributed by atoms with Crippen molar-refractivity contribution in [2.45, 2.75) is 58.8 Å². The van der Waals surface area contributed by atoms with E-state index >= 15 is 0 Å². The number of hydrogen-bond acceptors (Lipinski definition) is 2. The minimum Gasteiger partial charge on any atom is -0.481 e. The summed E-state index contributed by atoms with van der Waals surface area (Å²) in [7, 11) is 0. The van der Waals surface area contributed by atoms with Gasteiger partial charge in [-0.25, -0.2) is 0 Å². The number of rotatable bonds is 5. The largest absolute Gasteiger partial charge is 0.481 e. The molecule has 1 rings (SSSR count). The summed E-state index contributed by atoms with van der Waals surface area (Å²) in [5, 5.41) is 11.9. The van der Waals surface area contributed by atoms with Gasteiger partial charge in [-0.05, 0) is 38.8 Å². The van der Waals surface area contributed by atoms with Gasteiger partial charge >= 0.3 is 5.97 Å². The van der Waals surface area contributed by atoms with Crippen molar-refractivity contribution < 1.29 is 9.90 Å². The standard InChI is InChI=1S/C8H16O2.C5H11N/c1-3-5-6-7(4-2)8(9)10;1-2-4-6-5-3-1/h7H,3-6H2,1-2H3,(H,9,10);6H,1-5H2. The summed E-state index contributed by atoms with van der Waals surface area (Å²) in [6.07, 6.45) is 7.93. The molecular formula is C13H27NO2. The van der Waals surface area contributed by atoms with Crippen molar-refractivity contribution in [1.82, 2.24) is 5.32 Å². The minimum absolute atomic E-state index is 0.111. The molecule has 1 fully saturated rings. The SMILES string of the molecule is C1CCNCC1.CCCCC(CC)C(=O)O. The van der Waals surface area contributed by atoms with Gasteiger partial charge in [-0.15, -0.1) is 0 Å². The lowest BCUT2D eigenvalue weighted by atomic mass is 10.00. The quantitative estimate of drug-likeness (QED) is 0.761. The number of carbonyl (C=O) groups is 1. The highest BCUT2D eigenvalue weighted by Crippen LogP contribution is 2.11. The van der Waals surface area contributed by atoms with Crippen LogP contribution in [-0.4, -0.2) is 24.2 Å². The van der Waals surface area contributed by atoms with Gasteiger partial charge < -0.3 is 10.4 Å². The van der Waals surface area contributed by atoms with Crippen molar-refractivity contribution in [3.63, 3.8) is 0 Å². The van der Waals surface area contributed by atoms with Crippen LogP contribution in [-0.2, 0) is 4.79 Å². The van der Waals surface area contributed by atoms with E-state index in [0.29, 0.717) is 0 Å². The molecule has 0 bridgehead atoms. The summed E-state index contributed by atoms with van der Waals surface area (Å²) in [6, 6.07) is 0. The third-order valence-corrected chi connectivity index (χ3v) is 2.96. The van der Waals surface area contributed by atoms with Crippen LogP contribution in [0.15, 0.2) is 0 Å². The van der Waals surface area contributed by atoms with Gasteiger partial charge in [-0.3, -0.25) is 4.79 Å². The molecule has 96 valence electrons. The van der Waals surface area contributed by atoms with E-state index in [4.69, 9.17) is 5.11 Å². The van der Waals surface area contributed by atoms with E-state index in [1.807, 2.05) is 6.92 Å². The predicted molar refractivity (Wildman–Crippen MR) is 67.7 cm³/mol. The van der Waals surface area contributed by atoms with E-state index in [1.54, 1.807) is 0 Å². The molecule has 0 saturated carbocycles. The zero-order valence-electron chi connectivity index (χ0n) is 10.8. The topological polar surface area (TPSA) is 49.3 Å². The van der Waals surface area contributed by atoms with Crippen molar-refractivity contribution in [1.29, 1.82) is 0 Å². The van der Waals surface area contributed by atoms with Gasteiger partial charge in [0.2, 0.25) is 0 Å².